The van der Waals surface area contributed by atoms with Crippen molar-refractivity contribution in [3.8, 4) is 0 Å². The zero-order valence-corrected chi connectivity index (χ0v) is 14.0. The van der Waals surface area contributed by atoms with Crippen molar-refractivity contribution in [2.45, 2.75) is 0 Å². The minimum atomic E-state index is -1.40. The van der Waals surface area contributed by atoms with Gasteiger partial charge in [-0.1, -0.05) is 35.6 Å². The summed E-state index contributed by atoms with van der Waals surface area (Å²) in [6.07, 6.45) is 0. The molecule has 0 aliphatic carbocycles. The third kappa shape index (κ3) is 2.49. The number of Topliss-reactive ketones (excluding diaryl/α,β-unsaturated/α-hetero) is 1. The Hall–Kier alpha value is -3.06. The second-order valence-electron chi connectivity index (χ2n) is 5.69. The van der Waals surface area contributed by atoms with Crippen LogP contribution in [0.25, 0.3) is 10.2 Å². The molecule has 0 saturated carbocycles. The number of carbonyl (C=O) groups excluding carboxylic acids is 3. The number of rotatable bonds is 2. The Labute approximate surface area is 147 Å². The number of hydrogen-bond acceptors (Lipinski definition) is 5. The average Bonchev–Trinajstić information content (AvgIpc) is 3.02. The van der Waals surface area contributed by atoms with Crippen LogP contribution >= 0.6 is 11.3 Å². The average molecular weight is 351 g/mol. The summed E-state index contributed by atoms with van der Waals surface area (Å²) in [6.45, 7) is 0. The standard InChI is InChI=1S/C18H13N3O3S/c1-21-12-8-4-2-6-10(12)15(22)14(17(21)24)16(23)20-18-19-11-7-3-5-9-13(11)25-18/h2-9,14H,1H3,(H,19,20,23). The maximum absolute atomic E-state index is 12.7. The van der Waals surface area contributed by atoms with Crippen LogP contribution in [0.1, 0.15) is 10.4 Å². The van der Waals surface area contributed by atoms with Crippen molar-refractivity contribution in [1.29, 1.82) is 0 Å². The first-order valence-corrected chi connectivity index (χ1v) is 8.45. The fourth-order valence-electron chi connectivity index (χ4n) is 2.89. The lowest BCUT2D eigenvalue weighted by Crippen LogP contribution is -2.47. The summed E-state index contributed by atoms with van der Waals surface area (Å²) in [5, 5.41) is 2.98. The van der Waals surface area contributed by atoms with E-state index >= 15 is 0 Å². The van der Waals surface area contributed by atoms with Crippen molar-refractivity contribution < 1.29 is 14.4 Å². The number of carbonyl (C=O) groups is 3. The van der Waals surface area contributed by atoms with Crippen molar-refractivity contribution >= 4 is 50.0 Å². The monoisotopic (exact) mass is 351 g/mol. The van der Waals surface area contributed by atoms with Gasteiger partial charge in [0.15, 0.2) is 16.8 Å². The largest absolute Gasteiger partial charge is 0.314 e. The molecule has 0 spiro atoms. The number of para-hydroxylation sites is 2. The molecule has 0 fully saturated rings. The van der Waals surface area contributed by atoms with E-state index in [9.17, 15) is 14.4 Å². The van der Waals surface area contributed by atoms with Crippen LogP contribution in [0.5, 0.6) is 0 Å². The van der Waals surface area contributed by atoms with Gasteiger partial charge in [0.25, 0.3) is 0 Å². The lowest BCUT2D eigenvalue weighted by atomic mass is 9.90. The third-order valence-electron chi connectivity index (χ3n) is 4.16. The third-order valence-corrected chi connectivity index (χ3v) is 5.11. The number of aromatic nitrogens is 1. The van der Waals surface area contributed by atoms with Gasteiger partial charge in [-0.05, 0) is 24.3 Å². The van der Waals surface area contributed by atoms with E-state index in [2.05, 4.69) is 10.3 Å². The molecule has 1 N–H and O–H groups in total. The molecule has 2 aromatic carbocycles. The van der Waals surface area contributed by atoms with E-state index in [0.717, 1.165) is 10.2 Å². The number of ketones is 1. The van der Waals surface area contributed by atoms with Gasteiger partial charge in [0.1, 0.15) is 0 Å². The predicted molar refractivity (Wildman–Crippen MR) is 95.9 cm³/mol. The Morgan fingerprint density at radius 3 is 2.64 bits per heavy atom. The van der Waals surface area contributed by atoms with Crippen LogP contribution in [0.3, 0.4) is 0 Å². The quantitative estimate of drug-likeness (QED) is 0.720. The van der Waals surface area contributed by atoms with E-state index in [1.807, 2.05) is 24.3 Å². The smallest absolute Gasteiger partial charge is 0.247 e. The van der Waals surface area contributed by atoms with E-state index in [4.69, 9.17) is 0 Å². The topological polar surface area (TPSA) is 79.4 Å². The molecular weight excluding hydrogens is 338 g/mol. The molecule has 1 unspecified atom stereocenters. The molecule has 0 bridgehead atoms. The highest BCUT2D eigenvalue weighted by molar-refractivity contribution is 7.22. The minimum absolute atomic E-state index is 0.369. The maximum Gasteiger partial charge on any atom is 0.247 e. The summed E-state index contributed by atoms with van der Waals surface area (Å²) in [5.74, 6) is -3.08. The molecule has 1 aromatic heterocycles. The van der Waals surface area contributed by atoms with Crippen LogP contribution in [0.4, 0.5) is 10.8 Å². The molecule has 3 aromatic rings. The molecule has 7 heteroatoms. The molecule has 4 rings (SSSR count). The number of thiazole rings is 1. The number of benzene rings is 2. The summed E-state index contributed by atoms with van der Waals surface area (Å²) in [7, 11) is 1.56. The number of nitrogens with one attached hydrogen (secondary N) is 1. The molecule has 2 heterocycles. The van der Waals surface area contributed by atoms with Gasteiger partial charge < -0.3 is 10.2 Å². The minimum Gasteiger partial charge on any atom is -0.314 e. The summed E-state index contributed by atoms with van der Waals surface area (Å²) < 4.78 is 0.918. The fourth-order valence-corrected chi connectivity index (χ4v) is 3.76. The van der Waals surface area contributed by atoms with Crippen LogP contribution in [-0.4, -0.2) is 29.6 Å². The molecule has 6 nitrogen and oxygen atoms in total. The molecule has 0 radical (unpaired) electrons. The molecule has 1 aliphatic rings. The number of fused-ring (bicyclic) bond motifs is 2. The van der Waals surface area contributed by atoms with E-state index in [-0.39, 0.29) is 0 Å². The SMILES string of the molecule is CN1C(=O)C(C(=O)Nc2nc3ccccc3s2)C(=O)c2ccccc21. The van der Waals surface area contributed by atoms with Gasteiger partial charge in [-0.2, -0.15) is 0 Å². The first-order valence-electron chi connectivity index (χ1n) is 7.63. The highest BCUT2D eigenvalue weighted by Crippen LogP contribution is 2.31. The Morgan fingerprint density at radius 2 is 1.84 bits per heavy atom. The molecule has 1 aliphatic heterocycles. The van der Waals surface area contributed by atoms with E-state index in [1.54, 1.807) is 31.3 Å². The second-order valence-corrected chi connectivity index (χ2v) is 6.72. The number of amides is 2. The van der Waals surface area contributed by atoms with Gasteiger partial charge in [-0.15, -0.1) is 0 Å². The zero-order valence-electron chi connectivity index (χ0n) is 13.2. The Morgan fingerprint density at radius 1 is 1.12 bits per heavy atom. The van der Waals surface area contributed by atoms with Crippen molar-refractivity contribution in [2.75, 3.05) is 17.3 Å². The van der Waals surface area contributed by atoms with Crippen molar-refractivity contribution in [2.24, 2.45) is 5.92 Å². The lowest BCUT2D eigenvalue weighted by molar-refractivity contribution is -0.128. The van der Waals surface area contributed by atoms with Gasteiger partial charge in [-0.3, -0.25) is 14.4 Å². The highest BCUT2D eigenvalue weighted by atomic mass is 32.1. The summed E-state index contributed by atoms with van der Waals surface area (Å²) in [6, 6.07) is 14.2. The van der Waals surface area contributed by atoms with Crippen LogP contribution in [0, 0.1) is 5.92 Å². The highest BCUT2D eigenvalue weighted by Gasteiger charge is 2.42. The van der Waals surface area contributed by atoms with E-state index < -0.39 is 23.5 Å². The molecule has 1 atom stereocenters. The molecule has 0 saturated heterocycles. The summed E-state index contributed by atoms with van der Waals surface area (Å²) in [5.41, 5.74) is 1.64. The lowest BCUT2D eigenvalue weighted by Gasteiger charge is -2.29. The molecule has 25 heavy (non-hydrogen) atoms. The van der Waals surface area contributed by atoms with Gasteiger partial charge in [0.2, 0.25) is 11.8 Å². The van der Waals surface area contributed by atoms with Crippen molar-refractivity contribution in [3.05, 3.63) is 54.1 Å². The van der Waals surface area contributed by atoms with Crippen LogP contribution in [-0.2, 0) is 9.59 Å². The molecule has 2 amide bonds. The summed E-state index contributed by atoms with van der Waals surface area (Å²) in [4.78, 5) is 43.4. The van der Waals surface area contributed by atoms with E-state index in [0.29, 0.717) is 16.4 Å². The van der Waals surface area contributed by atoms with Crippen LogP contribution < -0.4 is 10.2 Å². The fraction of sp³-hybridized carbons (Fsp3) is 0.111. The maximum atomic E-state index is 12.7. The number of anilines is 2. The Balaban J connectivity index is 1.65. The normalized spacial score (nSPS) is 16.8. The van der Waals surface area contributed by atoms with Crippen molar-refractivity contribution in [1.82, 2.24) is 4.98 Å². The van der Waals surface area contributed by atoms with Crippen LogP contribution in [0.2, 0.25) is 0 Å². The predicted octanol–water partition coefficient (Wildman–Crippen LogP) is 2.71. The Kier molecular flexibility index (Phi) is 3.58. The van der Waals surface area contributed by atoms with Crippen molar-refractivity contribution in [3.63, 3.8) is 0 Å². The van der Waals surface area contributed by atoms with Crippen LogP contribution in [0.15, 0.2) is 48.5 Å². The first kappa shape index (κ1) is 15.5. The van der Waals surface area contributed by atoms with Gasteiger partial charge >= 0.3 is 0 Å². The van der Waals surface area contributed by atoms with E-state index in [1.165, 1.54) is 16.2 Å². The number of nitrogens with zero attached hydrogens (tertiary/aromatic N) is 2. The molecular formula is C18H13N3O3S. The second kappa shape index (κ2) is 5.78. The number of hydrogen-bond donors (Lipinski definition) is 1. The molecule has 124 valence electrons. The summed E-state index contributed by atoms with van der Waals surface area (Å²) >= 11 is 1.30. The first-order chi connectivity index (χ1) is 12.1. The zero-order chi connectivity index (χ0) is 17.6. The van der Waals surface area contributed by atoms with Gasteiger partial charge in [0, 0.05) is 12.6 Å². The Bertz CT molecular complexity index is 994. The van der Waals surface area contributed by atoms with Gasteiger partial charge in [-0.25, -0.2) is 4.98 Å². The van der Waals surface area contributed by atoms with Gasteiger partial charge in [0.05, 0.1) is 15.9 Å².